The van der Waals surface area contributed by atoms with E-state index < -0.39 is 0 Å². The third kappa shape index (κ3) is 6.72. The topological polar surface area (TPSA) is 73.5 Å². The normalized spacial score (nSPS) is 23.6. The number of thiophene rings is 1. The van der Waals surface area contributed by atoms with Crippen LogP contribution in [0.2, 0.25) is 0 Å². The number of piperidine rings is 1. The molecule has 28 heavy (non-hydrogen) atoms. The second kappa shape index (κ2) is 11.8. The lowest BCUT2D eigenvalue weighted by Gasteiger charge is -2.36. The molecule has 2 aliphatic heterocycles. The Morgan fingerprint density at radius 3 is 2.89 bits per heavy atom. The summed E-state index contributed by atoms with van der Waals surface area (Å²) in [6.07, 6.45) is 5.09. The number of carbonyl (C=O) groups excluding carboxylic acids is 2. The second-order valence-electron chi connectivity index (χ2n) is 7.69. The molecule has 1 aromatic heterocycles. The molecular formula is C20H33ClN4O2S. The van der Waals surface area contributed by atoms with Gasteiger partial charge in [-0.3, -0.25) is 14.5 Å². The standard InChI is InChI=1S/C20H32N4O2S.ClH/c1-15(19(25)22-10-8-17-6-4-12-27-17)24-11-3-5-16(14-24)13-23-20(26)18-7-2-9-21-18;/h4,6,12,15-16,18,21H,2-3,5,7-11,13-14H2,1H3,(H,22,25)(H,23,26);1H. The van der Waals surface area contributed by atoms with Gasteiger partial charge in [-0.05, 0) is 69.5 Å². The van der Waals surface area contributed by atoms with Crippen LogP contribution in [0.25, 0.3) is 0 Å². The Bertz CT molecular complexity index is 607. The number of amides is 2. The van der Waals surface area contributed by atoms with Crippen molar-refractivity contribution in [3.05, 3.63) is 22.4 Å². The maximum atomic E-state index is 12.5. The van der Waals surface area contributed by atoms with Gasteiger partial charge in [0.1, 0.15) is 0 Å². The number of carbonyl (C=O) groups is 2. The number of hydrogen-bond donors (Lipinski definition) is 3. The Kier molecular flexibility index (Phi) is 9.71. The van der Waals surface area contributed by atoms with E-state index in [4.69, 9.17) is 0 Å². The minimum atomic E-state index is -0.122. The molecule has 8 heteroatoms. The highest BCUT2D eigenvalue weighted by Crippen LogP contribution is 2.18. The van der Waals surface area contributed by atoms with Crippen LogP contribution >= 0.6 is 23.7 Å². The van der Waals surface area contributed by atoms with Crippen LogP contribution in [-0.4, -0.2) is 61.5 Å². The molecule has 2 fully saturated rings. The molecule has 3 N–H and O–H groups in total. The Balaban J connectivity index is 0.00000280. The summed E-state index contributed by atoms with van der Waals surface area (Å²) in [4.78, 5) is 28.2. The fraction of sp³-hybridized carbons (Fsp3) is 0.700. The van der Waals surface area contributed by atoms with Gasteiger partial charge in [-0.2, -0.15) is 0 Å². The average Bonchev–Trinajstić information content (AvgIpc) is 3.39. The lowest BCUT2D eigenvalue weighted by atomic mass is 9.96. The van der Waals surface area contributed by atoms with Gasteiger partial charge < -0.3 is 16.0 Å². The van der Waals surface area contributed by atoms with Crippen molar-refractivity contribution in [2.75, 3.05) is 32.7 Å². The predicted octanol–water partition coefficient (Wildman–Crippen LogP) is 1.80. The lowest BCUT2D eigenvalue weighted by molar-refractivity contribution is -0.127. The van der Waals surface area contributed by atoms with Gasteiger partial charge in [0.25, 0.3) is 0 Å². The van der Waals surface area contributed by atoms with Crippen LogP contribution in [0.1, 0.15) is 37.5 Å². The van der Waals surface area contributed by atoms with Gasteiger partial charge in [0.05, 0.1) is 12.1 Å². The Hall–Kier alpha value is -1.15. The van der Waals surface area contributed by atoms with Crippen LogP contribution in [0.3, 0.4) is 0 Å². The van der Waals surface area contributed by atoms with Crippen molar-refractivity contribution in [3.8, 4) is 0 Å². The van der Waals surface area contributed by atoms with Gasteiger partial charge in [0.15, 0.2) is 0 Å². The first kappa shape index (κ1) is 23.1. The van der Waals surface area contributed by atoms with Gasteiger partial charge in [-0.25, -0.2) is 0 Å². The summed E-state index contributed by atoms with van der Waals surface area (Å²) < 4.78 is 0. The van der Waals surface area contributed by atoms with Crippen LogP contribution in [0, 0.1) is 5.92 Å². The minimum Gasteiger partial charge on any atom is -0.354 e. The SMILES string of the molecule is CC(C(=O)NCCc1cccs1)N1CCCC(CNC(=O)C2CCCN2)C1.Cl. The molecule has 0 saturated carbocycles. The minimum absolute atomic E-state index is 0. The zero-order valence-corrected chi connectivity index (χ0v) is 18.2. The van der Waals surface area contributed by atoms with Crippen molar-refractivity contribution < 1.29 is 9.59 Å². The second-order valence-corrected chi connectivity index (χ2v) is 8.73. The summed E-state index contributed by atoms with van der Waals surface area (Å²) in [5, 5.41) is 11.5. The molecule has 6 nitrogen and oxygen atoms in total. The first-order valence-electron chi connectivity index (χ1n) is 10.2. The van der Waals surface area contributed by atoms with Gasteiger partial charge in [-0.1, -0.05) is 6.07 Å². The van der Waals surface area contributed by atoms with Crippen LogP contribution in [0.15, 0.2) is 17.5 Å². The quantitative estimate of drug-likeness (QED) is 0.590. The van der Waals surface area contributed by atoms with Crippen LogP contribution in [0.5, 0.6) is 0 Å². The summed E-state index contributed by atoms with van der Waals surface area (Å²) in [5.41, 5.74) is 0. The van der Waals surface area contributed by atoms with Gasteiger partial charge in [-0.15, -0.1) is 23.7 Å². The molecular weight excluding hydrogens is 396 g/mol. The fourth-order valence-electron chi connectivity index (χ4n) is 3.97. The van der Waals surface area contributed by atoms with Gasteiger partial charge in [0, 0.05) is 24.5 Å². The highest BCUT2D eigenvalue weighted by atomic mass is 35.5. The molecule has 3 rings (SSSR count). The summed E-state index contributed by atoms with van der Waals surface area (Å²) >= 11 is 1.73. The van der Waals surface area contributed by atoms with Crippen molar-refractivity contribution >= 4 is 35.6 Å². The molecule has 3 heterocycles. The molecule has 3 unspecified atom stereocenters. The van der Waals surface area contributed by atoms with Gasteiger partial charge in [0.2, 0.25) is 11.8 Å². The highest BCUT2D eigenvalue weighted by Gasteiger charge is 2.28. The molecule has 158 valence electrons. The number of rotatable bonds is 8. The molecule has 0 spiro atoms. The van der Waals surface area contributed by atoms with Crippen molar-refractivity contribution in [2.24, 2.45) is 5.92 Å². The van der Waals surface area contributed by atoms with Crippen molar-refractivity contribution in [3.63, 3.8) is 0 Å². The largest absolute Gasteiger partial charge is 0.354 e. The number of hydrogen-bond acceptors (Lipinski definition) is 5. The summed E-state index contributed by atoms with van der Waals surface area (Å²) in [5.74, 6) is 0.654. The summed E-state index contributed by atoms with van der Waals surface area (Å²) in [7, 11) is 0. The van der Waals surface area contributed by atoms with Crippen LogP contribution in [0.4, 0.5) is 0 Å². The van der Waals surface area contributed by atoms with E-state index in [9.17, 15) is 9.59 Å². The van der Waals surface area contributed by atoms with E-state index in [1.807, 2.05) is 13.0 Å². The summed E-state index contributed by atoms with van der Waals surface area (Å²) in [6, 6.07) is 4.01. The number of nitrogens with one attached hydrogen (secondary N) is 3. The monoisotopic (exact) mass is 428 g/mol. The van der Waals surface area contributed by atoms with E-state index in [1.165, 1.54) is 4.88 Å². The molecule has 2 aliphatic rings. The molecule has 0 aliphatic carbocycles. The van der Waals surface area contributed by atoms with Crippen molar-refractivity contribution in [1.82, 2.24) is 20.9 Å². The smallest absolute Gasteiger partial charge is 0.237 e. The van der Waals surface area contributed by atoms with Crippen LogP contribution in [-0.2, 0) is 16.0 Å². The van der Waals surface area contributed by atoms with Crippen molar-refractivity contribution in [1.29, 1.82) is 0 Å². The molecule has 2 saturated heterocycles. The number of halogens is 1. The molecule has 0 bridgehead atoms. The Morgan fingerprint density at radius 2 is 2.18 bits per heavy atom. The zero-order chi connectivity index (χ0) is 19.1. The maximum absolute atomic E-state index is 12.5. The van der Waals surface area contributed by atoms with E-state index in [0.29, 0.717) is 19.0 Å². The molecule has 0 aromatic carbocycles. The molecule has 0 radical (unpaired) electrons. The van der Waals surface area contributed by atoms with E-state index in [0.717, 1.165) is 51.7 Å². The lowest BCUT2D eigenvalue weighted by Crippen LogP contribution is -2.51. The van der Waals surface area contributed by atoms with Crippen molar-refractivity contribution in [2.45, 2.75) is 51.1 Å². The first-order valence-corrected chi connectivity index (χ1v) is 11.1. The number of nitrogens with zero attached hydrogens (tertiary/aromatic N) is 1. The Labute approximate surface area is 178 Å². The highest BCUT2D eigenvalue weighted by molar-refractivity contribution is 7.09. The third-order valence-corrected chi connectivity index (χ3v) is 6.61. The molecule has 1 aromatic rings. The average molecular weight is 429 g/mol. The first-order chi connectivity index (χ1) is 13.1. The van der Waals surface area contributed by atoms with Crippen LogP contribution < -0.4 is 16.0 Å². The fourth-order valence-corrected chi connectivity index (χ4v) is 4.68. The predicted molar refractivity (Wildman–Crippen MR) is 116 cm³/mol. The molecule has 3 atom stereocenters. The van der Waals surface area contributed by atoms with Gasteiger partial charge >= 0.3 is 0 Å². The van der Waals surface area contributed by atoms with E-state index in [1.54, 1.807) is 11.3 Å². The van der Waals surface area contributed by atoms with E-state index in [2.05, 4.69) is 32.3 Å². The molecule has 2 amide bonds. The maximum Gasteiger partial charge on any atom is 0.237 e. The third-order valence-electron chi connectivity index (χ3n) is 5.67. The summed E-state index contributed by atoms with van der Waals surface area (Å²) in [6.45, 7) is 6.15. The number of likely N-dealkylation sites (tertiary alicyclic amines) is 1. The van der Waals surface area contributed by atoms with E-state index in [-0.39, 0.29) is 36.3 Å². The zero-order valence-electron chi connectivity index (χ0n) is 16.6. The Morgan fingerprint density at radius 1 is 1.32 bits per heavy atom. The van der Waals surface area contributed by atoms with E-state index >= 15 is 0 Å².